The lowest BCUT2D eigenvalue weighted by molar-refractivity contribution is -0.123. The van der Waals surface area contributed by atoms with Crippen LogP contribution in [0.1, 0.15) is 43.7 Å². The summed E-state index contributed by atoms with van der Waals surface area (Å²) in [6.07, 6.45) is 1.18. The number of piperazine rings is 1. The van der Waals surface area contributed by atoms with Gasteiger partial charge in [0.15, 0.2) is 6.10 Å². The van der Waals surface area contributed by atoms with Crippen molar-refractivity contribution in [1.29, 1.82) is 0 Å². The number of nitrogens with one attached hydrogen (secondary N) is 1. The number of nitrogens with zero attached hydrogens (tertiary/aromatic N) is 2. The SMILES string of the molecule is Cc1ccc(C(C)C)c2c1NC(=O)C(CCCN1CCN(c3ccc(F)cc3)CC1)O2. The van der Waals surface area contributed by atoms with E-state index >= 15 is 0 Å². The molecule has 1 unspecified atom stereocenters. The summed E-state index contributed by atoms with van der Waals surface area (Å²) < 4.78 is 19.4. The molecule has 1 fully saturated rings. The fourth-order valence-electron chi connectivity index (χ4n) is 4.41. The fraction of sp³-hybridized carbons (Fsp3) is 0.480. The highest BCUT2D eigenvalue weighted by atomic mass is 19.1. The molecule has 2 aromatic carbocycles. The largest absolute Gasteiger partial charge is 0.478 e. The average Bonchev–Trinajstić information content (AvgIpc) is 2.76. The first-order valence-electron chi connectivity index (χ1n) is 11.3. The fourth-order valence-corrected chi connectivity index (χ4v) is 4.41. The first kappa shape index (κ1) is 21.6. The molecule has 6 heteroatoms. The van der Waals surface area contributed by atoms with E-state index in [2.05, 4.69) is 35.0 Å². The van der Waals surface area contributed by atoms with Gasteiger partial charge >= 0.3 is 0 Å². The van der Waals surface area contributed by atoms with Crippen molar-refractivity contribution in [2.24, 2.45) is 0 Å². The second-order valence-corrected chi connectivity index (χ2v) is 8.87. The highest BCUT2D eigenvalue weighted by Gasteiger charge is 2.30. The van der Waals surface area contributed by atoms with Crippen LogP contribution in [-0.4, -0.2) is 49.6 Å². The van der Waals surface area contributed by atoms with Gasteiger partial charge in [-0.3, -0.25) is 9.69 Å². The lowest BCUT2D eigenvalue weighted by Crippen LogP contribution is -2.47. The molecule has 2 aromatic rings. The molecule has 1 saturated heterocycles. The predicted octanol–water partition coefficient (Wildman–Crippen LogP) is 4.56. The van der Waals surface area contributed by atoms with E-state index in [9.17, 15) is 9.18 Å². The Kier molecular flexibility index (Phi) is 6.46. The summed E-state index contributed by atoms with van der Waals surface area (Å²) in [7, 11) is 0. The first-order valence-corrected chi connectivity index (χ1v) is 11.3. The van der Waals surface area contributed by atoms with Gasteiger partial charge in [0.05, 0.1) is 5.69 Å². The summed E-state index contributed by atoms with van der Waals surface area (Å²) in [5, 5.41) is 3.08. The van der Waals surface area contributed by atoms with Crippen LogP contribution in [-0.2, 0) is 4.79 Å². The summed E-state index contributed by atoms with van der Waals surface area (Å²) in [6, 6.07) is 10.9. The van der Waals surface area contributed by atoms with Crippen LogP contribution < -0.4 is 15.0 Å². The number of hydrogen-bond donors (Lipinski definition) is 1. The van der Waals surface area contributed by atoms with E-state index in [0.29, 0.717) is 12.3 Å². The third-order valence-electron chi connectivity index (χ3n) is 6.32. The number of ether oxygens (including phenoxy) is 1. The van der Waals surface area contributed by atoms with Crippen molar-refractivity contribution in [2.75, 3.05) is 42.9 Å². The van der Waals surface area contributed by atoms with Gasteiger partial charge in [0.2, 0.25) is 0 Å². The van der Waals surface area contributed by atoms with Gasteiger partial charge in [0.1, 0.15) is 11.6 Å². The van der Waals surface area contributed by atoms with E-state index < -0.39 is 6.10 Å². The van der Waals surface area contributed by atoms with Crippen LogP contribution >= 0.6 is 0 Å². The normalized spacial score (nSPS) is 19.2. The van der Waals surface area contributed by atoms with E-state index in [1.165, 1.54) is 12.1 Å². The number of hydrogen-bond acceptors (Lipinski definition) is 4. The highest BCUT2D eigenvalue weighted by Crippen LogP contribution is 2.40. The Balaban J connectivity index is 1.28. The van der Waals surface area contributed by atoms with Gasteiger partial charge in [-0.1, -0.05) is 26.0 Å². The monoisotopic (exact) mass is 425 g/mol. The van der Waals surface area contributed by atoms with Crippen LogP contribution in [0.3, 0.4) is 0 Å². The Morgan fingerprint density at radius 3 is 2.48 bits per heavy atom. The molecule has 166 valence electrons. The molecule has 1 N–H and O–H groups in total. The van der Waals surface area contributed by atoms with Crippen LogP contribution in [0.15, 0.2) is 36.4 Å². The number of carbonyl (C=O) groups excluding carboxylic acids is 1. The zero-order valence-corrected chi connectivity index (χ0v) is 18.7. The van der Waals surface area contributed by atoms with Crippen molar-refractivity contribution >= 4 is 17.3 Å². The van der Waals surface area contributed by atoms with Gasteiger partial charge in [-0.15, -0.1) is 0 Å². The second-order valence-electron chi connectivity index (χ2n) is 8.87. The van der Waals surface area contributed by atoms with Crippen molar-refractivity contribution in [1.82, 2.24) is 4.90 Å². The third-order valence-corrected chi connectivity index (χ3v) is 6.32. The molecule has 0 aliphatic carbocycles. The molecule has 0 aromatic heterocycles. The molecule has 2 aliphatic rings. The number of fused-ring (bicyclic) bond motifs is 1. The number of rotatable bonds is 6. The Hall–Kier alpha value is -2.60. The van der Waals surface area contributed by atoms with Crippen LogP contribution in [0.4, 0.5) is 15.8 Å². The molecule has 2 heterocycles. The summed E-state index contributed by atoms with van der Waals surface area (Å²) in [5.74, 6) is 0.933. The van der Waals surface area contributed by atoms with Gasteiger partial charge < -0.3 is 15.0 Å². The Morgan fingerprint density at radius 1 is 1.10 bits per heavy atom. The maximum absolute atomic E-state index is 13.1. The van der Waals surface area contributed by atoms with E-state index in [1.807, 2.05) is 25.1 Å². The number of anilines is 2. The number of carbonyl (C=O) groups is 1. The minimum atomic E-state index is -0.438. The van der Waals surface area contributed by atoms with Gasteiger partial charge in [0, 0.05) is 31.9 Å². The minimum Gasteiger partial charge on any atom is -0.478 e. The van der Waals surface area contributed by atoms with Crippen molar-refractivity contribution in [3.05, 3.63) is 53.3 Å². The molecule has 31 heavy (non-hydrogen) atoms. The number of halogens is 1. The molecule has 0 saturated carbocycles. The van der Waals surface area contributed by atoms with Gasteiger partial charge in [-0.05, 0) is 67.6 Å². The maximum Gasteiger partial charge on any atom is 0.265 e. The second kappa shape index (κ2) is 9.27. The van der Waals surface area contributed by atoms with E-state index in [1.54, 1.807) is 0 Å². The quantitative estimate of drug-likeness (QED) is 0.737. The van der Waals surface area contributed by atoms with Crippen LogP contribution in [0.2, 0.25) is 0 Å². The number of amides is 1. The lowest BCUT2D eigenvalue weighted by atomic mass is 9.97. The number of aryl methyl sites for hydroxylation is 1. The van der Waals surface area contributed by atoms with Crippen molar-refractivity contribution in [3.8, 4) is 5.75 Å². The highest BCUT2D eigenvalue weighted by molar-refractivity contribution is 5.99. The summed E-state index contributed by atoms with van der Waals surface area (Å²) in [5.41, 5.74) is 4.07. The molecule has 2 aliphatic heterocycles. The van der Waals surface area contributed by atoms with Gasteiger partial charge in [-0.2, -0.15) is 0 Å². The van der Waals surface area contributed by atoms with Crippen LogP contribution in [0.25, 0.3) is 0 Å². The Morgan fingerprint density at radius 2 is 1.81 bits per heavy atom. The number of benzene rings is 2. The zero-order chi connectivity index (χ0) is 22.0. The topological polar surface area (TPSA) is 44.8 Å². The lowest BCUT2D eigenvalue weighted by Gasteiger charge is -2.36. The molecule has 1 amide bonds. The first-order chi connectivity index (χ1) is 14.9. The standard InChI is InChI=1S/C25H32FN3O2/c1-17(2)21-11-6-18(3)23-24(21)31-22(25(30)27-23)5-4-12-28-13-15-29(16-14-28)20-9-7-19(26)8-10-20/h6-11,17,22H,4-5,12-16H2,1-3H3,(H,27,30). The van der Waals surface area contributed by atoms with Crippen molar-refractivity contribution in [2.45, 2.75) is 45.6 Å². The van der Waals surface area contributed by atoms with E-state index in [4.69, 9.17) is 4.74 Å². The molecular formula is C25H32FN3O2. The van der Waals surface area contributed by atoms with Crippen LogP contribution in [0, 0.1) is 12.7 Å². The summed E-state index contributed by atoms with van der Waals surface area (Å²) in [4.78, 5) is 17.3. The molecule has 0 radical (unpaired) electrons. The van der Waals surface area contributed by atoms with Crippen molar-refractivity contribution < 1.29 is 13.9 Å². The summed E-state index contributed by atoms with van der Waals surface area (Å²) >= 11 is 0. The van der Waals surface area contributed by atoms with E-state index in [0.717, 1.165) is 67.4 Å². The molecular weight excluding hydrogens is 393 g/mol. The zero-order valence-electron chi connectivity index (χ0n) is 18.7. The van der Waals surface area contributed by atoms with Gasteiger partial charge in [0.25, 0.3) is 5.91 Å². The Labute approximate surface area is 184 Å². The van der Waals surface area contributed by atoms with E-state index in [-0.39, 0.29) is 11.7 Å². The van der Waals surface area contributed by atoms with Gasteiger partial charge in [-0.25, -0.2) is 4.39 Å². The molecule has 0 bridgehead atoms. The predicted molar refractivity (Wildman–Crippen MR) is 123 cm³/mol. The Bertz CT molecular complexity index is 921. The smallest absolute Gasteiger partial charge is 0.265 e. The average molecular weight is 426 g/mol. The molecule has 4 rings (SSSR count). The molecule has 5 nitrogen and oxygen atoms in total. The van der Waals surface area contributed by atoms with Crippen molar-refractivity contribution in [3.63, 3.8) is 0 Å². The maximum atomic E-state index is 13.1. The minimum absolute atomic E-state index is 0.0439. The third kappa shape index (κ3) is 4.85. The van der Waals surface area contributed by atoms with Crippen LogP contribution in [0.5, 0.6) is 5.75 Å². The summed E-state index contributed by atoms with van der Waals surface area (Å²) in [6.45, 7) is 11.0. The molecule has 1 atom stereocenters. The molecule has 0 spiro atoms.